The Balaban J connectivity index is 1.59. The molecule has 1 aliphatic heterocycles. The zero-order chi connectivity index (χ0) is 18.6. The summed E-state index contributed by atoms with van der Waals surface area (Å²) in [6.45, 7) is 2.27. The molecule has 0 bridgehead atoms. The number of benzene rings is 2. The molecule has 1 amide bonds. The molecule has 3 rings (SSSR count). The third-order valence-corrected chi connectivity index (χ3v) is 5.75. The third kappa shape index (κ3) is 4.71. The number of sulfone groups is 1. The molecular formula is C20H23NO4S. The average molecular weight is 373 g/mol. The van der Waals surface area contributed by atoms with Crippen molar-refractivity contribution in [1.29, 1.82) is 0 Å². The van der Waals surface area contributed by atoms with Crippen LogP contribution in [-0.2, 0) is 14.6 Å². The number of nitrogens with one attached hydrogen (secondary N) is 1. The van der Waals surface area contributed by atoms with Gasteiger partial charge in [-0.15, -0.1) is 0 Å². The van der Waals surface area contributed by atoms with Gasteiger partial charge in [0.25, 0.3) is 5.91 Å². The highest BCUT2D eigenvalue weighted by Gasteiger charge is 2.15. The van der Waals surface area contributed by atoms with E-state index in [1.807, 2.05) is 12.1 Å². The first-order chi connectivity index (χ1) is 12.4. The summed E-state index contributed by atoms with van der Waals surface area (Å²) in [6.07, 6.45) is 3.20. The summed E-state index contributed by atoms with van der Waals surface area (Å²) < 4.78 is 28.4. The van der Waals surface area contributed by atoms with E-state index in [-0.39, 0.29) is 5.91 Å². The van der Waals surface area contributed by atoms with E-state index in [9.17, 15) is 13.2 Å². The van der Waals surface area contributed by atoms with Gasteiger partial charge in [-0.3, -0.25) is 4.79 Å². The Labute approximate surface area is 154 Å². The lowest BCUT2D eigenvalue weighted by Gasteiger charge is -2.09. The summed E-state index contributed by atoms with van der Waals surface area (Å²) in [4.78, 5) is 12.5. The molecule has 0 saturated carbocycles. The van der Waals surface area contributed by atoms with Gasteiger partial charge in [0.2, 0.25) is 0 Å². The number of carbonyl (C=O) groups excluding carboxylic acids is 1. The van der Waals surface area contributed by atoms with Gasteiger partial charge in [-0.1, -0.05) is 24.3 Å². The second-order valence-corrected chi connectivity index (χ2v) is 8.66. The fourth-order valence-electron chi connectivity index (χ4n) is 3.01. The molecular weight excluding hydrogens is 350 g/mol. The number of hydrogen-bond acceptors (Lipinski definition) is 4. The Bertz CT molecular complexity index is 852. The van der Waals surface area contributed by atoms with Crippen molar-refractivity contribution in [1.82, 2.24) is 5.32 Å². The molecule has 2 aromatic carbocycles. The number of amides is 1. The number of carbonyl (C=O) groups is 1. The molecule has 1 N–H and O–H groups in total. The Hall–Kier alpha value is -2.18. The van der Waals surface area contributed by atoms with Gasteiger partial charge < -0.3 is 10.1 Å². The van der Waals surface area contributed by atoms with E-state index < -0.39 is 9.84 Å². The van der Waals surface area contributed by atoms with Crippen LogP contribution in [0.25, 0.3) is 11.1 Å². The van der Waals surface area contributed by atoms with E-state index in [1.54, 1.807) is 36.4 Å². The van der Waals surface area contributed by atoms with Crippen molar-refractivity contribution in [3.8, 4) is 11.1 Å². The molecule has 1 fully saturated rings. The number of hydrogen-bond donors (Lipinski definition) is 1. The van der Waals surface area contributed by atoms with Crippen LogP contribution in [0.1, 0.15) is 23.2 Å². The highest BCUT2D eigenvalue weighted by atomic mass is 32.2. The van der Waals surface area contributed by atoms with Gasteiger partial charge in [0.1, 0.15) is 0 Å². The van der Waals surface area contributed by atoms with Crippen molar-refractivity contribution in [2.45, 2.75) is 17.7 Å². The SMILES string of the molecule is CS(=O)(=O)c1ccc(-c2ccc(C(=O)NCC[C@@H]3CCOC3)cc2)cc1. The first-order valence-electron chi connectivity index (χ1n) is 8.70. The minimum atomic E-state index is -3.20. The number of ether oxygens (including phenoxy) is 1. The summed E-state index contributed by atoms with van der Waals surface area (Å²) in [5, 5.41) is 2.95. The molecule has 0 aromatic heterocycles. The largest absolute Gasteiger partial charge is 0.381 e. The predicted molar refractivity (Wildman–Crippen MR) is 101 cm³/mol. The lowest BCUT2D eigenvalue weighted by atomic mass is 10.0. The Morgan fingerprint density at radius 2 is 1.69 bits per heavy atom. The standard InChI is InChI=1S/C20H23NO4S/c1-26(23,24)19-8-6-17(7-9-19)16-2-4-18(5-3-16)20(22)21-12-10-15-11-13-25-14-15/h2-9,15H,10-14H2,1H3,(H,21,22)/t15-/m1/s1. The average Bonchev–Trinajstić information content (AvgIpc) is 3.15. The van der Waals surface area contributed by atoms with Gasteiger partial charge in [0.15, 0.2) is 9.84 Å². The van der Waals surface area contributed by atoms with Crippen molar-refractivity contribution in [3.05, 3.63) is 54.1 Å². The molecule has 0 radical (unpaired) electrons. The fraction of sp³-hybridized carbons (Fsp3) is 0.350. The van der Waals surface area contributed by atoms with Crippen molar-refractivity contribution in [3.63, 3.8) is 0 Å². The summed E-state index contributed by atoms with van der Waals surface area (Å²) in [6, 6.07) is 14.0. The van der Waals surface area contributed by atoms with Crippen LogP contribution in [0.2, 0.25) is 0 Å². The quantitative estimate of drug-likeness (QED) is 0.845. The smallest absolute Gasteiger partial charge is 0.251 e. The molecule has 2 aromatic rings. The summed E-state index contributed by atoms with van der Waals surface area (Å²) in [7, 11) is -3.20. The van der Waals surface area contributed by atoms with Gasteiger partial charge in [-0.25, -0.2) is 8.42 Å². The first-order valence-corrected chi connectivity index (χ1v) is 10.6. The molecule has 1 atom stereocenters. The van der Waals surface area contributed by atoms with Gasteiger partial charge in [-0.2, -0.15) is 0 Å². The molecule has 138 valence electrons. The van der Waals surface area contributed by atoms with Crippen LogP contribution in [0.3, 0.4) is 0 Å². The molecule has 5 nitrogen and oxygen atoms in total. The molecule has 1 saturated heterocycles. The van der Waals surface area contributed by atoms with E-state index in [2.05, 4.69) is 5.32 Å². The predicted octanol–water partition coefficient (Wildman–Crippen LogP) is 2.91. The molecule has 0 aliphatic carbocycles. The summed E-state index contributed by atoms with van der Waals surface area (Å²) in [5.74, 6) is 0.468. The van der Waals surface area contributed by atoms with E-state index in [0.29, 0.717) is 22.9 Å². The lowest BCUT2D eigenvalue weighted by molar-refractivity contribution is 0.0950. The molecule has 1 heterocycles. The van der Waals surface area contributed by atoms with Crippen LogP contribution in [0.4, 0.5) is 0 Å². The van der Waals surface area contributed by atoms with E-state index >= 15 is 0 Å². The van der Waals surface area contributed by atoms with Gasteiger partial charge in [-0.05, 0) is 54.2 Å². The zero-order valence-corrected chi connectivity index (χ0v) is 15.6. The fourth-order valence-corrected chi connectivity index (χ4v) is 3.64. The van der Waals surface area contributed by atoms with Crippen LogP contribution in [-0.4, -0.2) is 40.3 Å². The van der Waals surface area contributed by atoms with Crippen LogP contribution >= 0.6 is 0 Å². The maximum absolute atomic E-state index is 12.2. The Morgan fingerprint density at radius 1 is 1.08 bits per heavy atom. The highest BCUT2D eigenvalue weighted by Crippen LogP contribution is 2.22. The first kappa shape index (κ1) is 18.6. The molecule has 0 unspecified atom stereocenters. The normalized spacial score (nSPS) is 17.2. The monoisotopic (exact) mass is 373 g/mol. The van der Waals surface area contributed by atoms with Crippen LogP contribution in [0.5, 0.6) is 0 Å². The van der Waals surface area contributed by atoms with Gasteiger partial charge in [0.05, 0.1) is 4.90 Å². The summed E-state index contributed by atoms with van der Waals surface area (Å²) in [5.41, 5.74) is 2.46. The van der Waals surface area contributed by atoms with E-state index in [1.165, 1.54) is 6.26 Å². The van der Waals surface area contributed by atoms with E-state index in [4.69, 9.17) is 4.74 Å². The minimum absolute atomic E-state index is 0.0807. The van der Waals surface area contributed by atoms with E-state index in [0.717, 1.165) is 37.2 Å². The topological polar surface area (TPSA) is 72.5 Å². The van der Waals surface area contributed by atoms with Crippen LogP contribution < -0.4 is 5.32 Å². The Morgan fingerprint density at radius 3 is 2.23 bits per heavy atom. The molecule has 1 aliphatic rings. The number of rotatable bonds is 6. The van der Waals surface area contributed by atoms with Crippen molar-refractivity contribution in [2.75, 3.05) is 26.0 Å². The molecule has 6 heteroatoms. The molecule has 0 spiro atoms. The van der Waals surface area contributed by atoms with Crippen LogP contribution in [0.15, 0.2) is 53.4 Å². The lowest BCUT2D eigenvalue weighted by Crippen LogP contribution is -2.26. The van der Waals surface area contributed by atoms with Crippen molar-refractivity contribution < 1.29 is 17.9 Å². The van der Waals surface area contributed by atoms with Crippen molar-refractivity contribution >= 4 is 15.7 Å². The minimum Gasteiger partial charge on any atom is -0.381 e. The van der Waals surface area contributed by atoms with Crippen molar-refractivity contribution in [2.24, 2.45) is 5.92 Å². The Kier molecular flexibility index (Phi) is 5.74. The zero-order valence-electron chi connectivity index (χ0n) is 14.8. The summed E-state index contributed by atoms with van der Waals surface area (Å²) >= 11 is 0. The van der Waals surface area contributed by atoms with Crippen LogP contribution in [0, 0.1) is 5.92 Å². The maximum atomic E-state index is 12.2. The second kappa shape index (κ2) is 8.01. The maximum Gasteiger partial charge on any atom is 0.251 e. The molecule has 26 heavy (non-hydrogen) atoms. The second-order valence-electron chi connectivity index (χ2n) is 6.65. The highest BCUT2D eigenvalue weighted by molar-refractivity contribution is 7.90. The van der Waals surface area contributed by atoms with Gasteiger partial charge >= 0.3 is 0 Å². The third-order valence-electron chi connectivity index (χ3n) is 4.63. The van der Waals surface area contributed by atoms with Gasteiger partial charge in [0, 0.05) is 31.6 Å².